The molecule has 5 heteroatoms. The van der Waals surface area contributed by atoms with E-state index < -0.39 is 6.30 Å². The Hall–Kier alpha value is -2.56. The van der Waals surface area contributed by atoms with Crippen molar-refractivity contribution < 1.29 is 18.7 Å². The Morgan fingerprint density at radius 3 is 2.62 bits per heavy atom. The maximum absolute atomic E-state index is 14.9. The molecule has 0 N–H and O–H groups in total. The number of amides is 1. The zero-order chi connectivity index (χ0) is 18.1. The third-order valence-corrected chi connectivity index (χ3v) is 5.27. The first-order valence-corrected chi connectivity index (χ1v) is 9.06. The second-order valence-corrected chi connectivity index (χ2v) is 6.89. The van der Waals surface area contributed by atoms with Gasteiger partial charge in [0.15, 0.2) is 11.5 Å². The molecule has 0 radical (unpaired) electrons. The largest absolute Gasteiger partial charge is 0.493 e. The summed E-state index contributed by atoms with van der Waals surface area (Å²) in [4.78, 5) is 13.8. The normalized spacial score (nSPS) is 19.7. The molecule has 2 aliphatic rings. The molecule has 2 aromatic carbocycles. The van der Waals surface area contributed by atoms with Crippen LogP contribution in [0.3, 0.4) is 0 Å². The van der Waals surface area contributed by atoms with Gasteiger partial charge in [-0.05, 0) is 37.0 Å². The standard InChI is InChI=1S/C21H22FNO3/c1-25-18-11-10-15(12-19(18)26-13-14-6-2-3-7-14)23-20(22)16-8-4-5-9-17(16)21(23)24/h4-5,8-12,14,20H,2-3,6-7,13H2,1H3. The van der Waals surface area contributed by atoms with Crippen LogP contribution in [-0.4, -0.2) is 19.6 Å². The Morgan fingerprint density at radius 2 is 1.88 bits per heavy atom. The number of ether oxygens (including phenoxy) is 2. The number of nitrogens with zero attached hydrogens (tertiary/aromatic N) is 1. The Kier molecular flexibility index (Phi) is 4.53. The third-order valence-electron chi connectivity index (χ3n) is 5.27. The first-order valence-electron chi connectivity index (χ1n) is 9.06. The molecule has 1 amide bonds. The summed E-state index contributed by atoms with van der Waals surface area (Å²) in [5.41, 5.74) is 1.28. The van der Waals surface area contributed by atoms with Crippen LogP contribution in [0.15, 0.2) is 42.5 Å². The molecule has 1 aliphatic carbocycles. The first-order chi connectivity index (χ1) is 12.7. The Morgan fingerprint density at radius 1 is 1.12 bits per heavy atom. The fourth-order valence-corrected chi connectivity index (χ4v) is 3.83. The van der Waals surface area contributed by atoms with E-state index in [9.17, 15) is 9.18 Å². The Bertz CT molecular complexity index is 817. The van der Waals surface area contributed by atoms with Crippen molar-refractivity contribution in [1.82, 2.24) is 0 Å². The summed E-state index contributed by atoms with van der Waals surface area (Å²) >= 11 is 0. The number of carbonyl (C=O) groups is 1. The highest BCUT2D eigenvalue weighted by atomic mass is 19.1. The van der Waals surface area contributed by atoms with Crippen molar-refractivity contribution in [2.45, 2.75) is 32.0 Å². The molecule has 0 spiro atoms. The number of hydrogen-bond acceptors (Lipinski definition) is 3. The number of halogens is 1. The summed E-state index contributed by atoms with van der Waals surface area (Å²) in [6.45, 7) is 0.618. The average molecular weight is 355 g/mol. The molecule has 26 heavy (non-hydrogen) atoms. The van der Waals surface area contributed by atoms with Crippen LogP contribution in [-0.2, 0) is 0 Å². The molecule has 1 fully saturated rings. The van der Waals surface area contributed by atoms with Gasteiger partial charge in [0.25, 0.3) is 5.91 Å². The molecule has 4 nitrogen and oxygen atoms in total. The van der Waals surface area contributed by atoms with E-state index in [2.05, 4.69) is 0 Å². The van der Waals surface area contributed by atoms with Crippen molar-refractivity contribution in [2.24, 2.45) is 5.92 Å². The van der Waals surface area contributed by atoms with Crippen LogP contribution >= 0.6 is 0 Å². The number of benzene rings is 2. The maximum Gasteiger partial charge on any atom is 0.261 e. The number of alkyl halides is 1. The quantitative estimate of drug-likeness (QED) is 0.717. The second-order valence-electron chi connectivity index (χ2n) is 6.89. The van der Waals surface area contributed by atoms with Crippen molar-refractivity contribution in [2.75, 3.05) is 18.6 Å². The summed E-state index contributed by atoms with van der Waals surface area (Å²) in [7, 11) is 1.58. The van der Waals surface area contributed by atoms with E-state index >= 15 is 0 Å². The van der Waals surface area contributed by atoms with Crippen LogP contribution in [0.5, 0.6) is 11.5 Å². The van der Waals surface area contributed by atoms with Gasteiger partial charge in [-0.2, -0.15) is 0 Å². The van der Waals surface area contributed by atoms with Gasteiger partial charge in [0.05, 0.1) is 19.4 Å². The van der Waals surface area contributed by atoms with Crippen molar-refractivity contribution in [3.05, 3.63) is 53.6 Å². The zero-order valence-corrected chi connectivity index (χ0v) is 14.8. The van der Waals surface area contributed by atoms with Crippen molar-refractivity contribution >= 4 is 11.6 Å². The molecule has 1 aliphatic heterocycles. The molecule has 1 saturated carbocycles. The molecule has 1 atom stereocenters. The van der Waals surface area contributed by atoms with Gasteiger partial charge < -0.3 is 9.47 Å². The molecule has 0 bridgehead atoms. The lowest BCUT2D eigenvalue weighted by Crippen LogP contribution is -2.25. The van der Waals surface area contributed by atoms with Gasteiger partial charge >= 0.3 is 0 Å². The number of fused-ring (bicyclic) bond motifs is 1. The van der Waals surface area contributed by atoms with Gasteiger partial charge in [-0.15, -0.1) is 0 Å². The summed E-state index contributed by atoms with van der Waals surface area (Å²) in [6.07, 6.45) is 3.35. The monoisotopic (exact) mass is 355 g/mol. The summed E-state index contributed by atoms with van der Waals surface area (Å²) in [5.74, 6) is 1.36. The first kappa shape index (κ1) is 16.9. The minimum absolute atomic E-state index is 0.333. The Labute approximate surface area is 152 Å². The van der Waals surface area contributed by atoms with Gasteiger partial charge in [0, 0.05) is 17.2 Å². The number of rotatable bonds is 5. The van der Waals surface area contributed by atoms with E-state index in [1.54, 1.807) is 49.6 Å². The van der Waals surface area contributed by atoms with Crippen molar-refractivity contribution in [1.29, 1.82) is 0 Å². The van der Waals surface area contributed by atoms with Gasteiger partial charge in [0.1, 0.15) is 0 Å². The minimum Gasteiger partial charge on any atom is -0.493 e. The van der Waals surface area contributed by atoms with Crippen LogP contribution in [0.4, 0.5) is 10.1 Å². The van der Waals surface area contributed by atoms with Crippen LogP contribution in [0.1, 0.15) is 47.9 Å². The fraction of sp³-hybridized carbons (Fsp3) is 0.381. The average Bonchev–Trinajstić information content (AvgIpc) is 3.27. The van der Waals surface area contributed by atoms with Crippen LogP contribution < -0.4 is 14.4 Å². The van der Waals surface area contributed by atoms with Gasteiger partial charge in [-0.25, -0.2) is 4.39 Å². The lowest BCUT2D eigenvalue weighted by molar-refractivity contribution is 0.0975. The van der Waals surface area contributed by atoms with Crippen molar-refractivity contribution in [3.8, 4) is 11.5 Å². The number of carbonyl (C=O) groups excluding carboxylic acids is 1. The number of methoxy groups -OCH3 is 1. The summed E-state index contributed by atoms with van der Waals surface area (Å²) < 4.78 is 26.2. The zero-order valence-electron chi connectivity index (χ0n) is 14.8. The van der Waals surface area contributed by atoms with Crippen LogP contribution in [0.2, 0.25) is 0 Å². The molecule has 2 aromatic rings. The molecule has 1 heterocycles. The third kappa shape index (κ3) is 2.91. The van der Waals surface area contributed by atoms with E-state index in [0.717, 1.165) is 0 Å². The highest BCUT2D eigenvalue weighted by Gasteiger charge is 2.38. The van der Waals surface area contributed by atoms with Gasteiger partial charge in [-0.1, -0.05) is 31.0 Å². The summed E-state index contributed by atoms with van der Waals surface area (Å²) in [6, 6.07) is 11.9. The molecular formula is C21H22FNO3. The predicted molar refractivity (Wildman–Crippen MR) is 97.5 cm³/mol. The van der Waals surface area contributed by atoms with Crippen molar-refractivity contribution in [3.63, 3.8) is 0 Å². The van der Waals surface area contributed by atoms with E-state index in [4.69, 9.17) is 9.47 Å². The topological polar surface area (TPSA) is 38.8 Å². The molecular weight excluding hydrogens is 333 g/mol. The smallest absolute Gasteiger partial charge is 0.261 e. The van der Waals surface area contributed by atoms with E-state index in [0.29, 0.717) is 40.8 Å². The number of hydrogen-bond donors (Lipinski definition) is 0. The Balaban J connectivity index is 1.61. The molecule has 4 rings (SSSR count). The minimum atomic E-state index is -1.49. The van der Waals surface area contributed by atoms with Crippen LogP contribution in [0.25, 0.3) is 0 Å². The van der Waals surface area contributed by atoms with Gasteiger partial charge in [0.2, 0.25) is 6.30 Å². The number of anilines is 1. The van der Waals surface area contributed by atoms with E-state index in [-0.39, 0.29) is 5.91 Å². The fourth-order valence-electron chi connectivity index (χ4n) is 3.83. The van der Waals surface area contributed by atoms with Gasteiger partial charge in [-0.3, -0.25) is 9.69 Å². The molecule has 136 valence electrons. The maximum atomic E-state index is 14.9. The lowest BCUT2D eigenvalue weighted by atomic mass is 10.1. The predicted octanol–water partition coefficient (Wildman–Crippen LogP) is 4.89. The highest BCUT2D eigenvalue weighted by molar-refractivity contribution is 6.10. The lowest BCUT2D eigenvalue weighted by Gasteiger charge is -2.21. The second kappa shape index (κ2) is 6.98. The molecule has 1 unspecified atom stereocenters. The molecule has 0 saturated heterocycles. The summed E-state index contributed by atoms with van der Waals surface area (Å²) in [5, 5.41) is 0. The highest BCUT2D eigenvalue weighted by Crippen LogP contribution is 2.41. The van der Waals surface area contributed by atoms with E-state index in [1.807, 2.05) is 0 Å². The van der Waals surface area contributed by atoms with Crippen LogP contribution in [0, 0.1) is 5.92 Å². The van der Waals surface area contributed by atoms with E-state index in [1.165, 1.54) is 30.6 Å². The molecule has 0 aromatic heterocycles. The SMILES string of the molecule is COc1ccc(N2C(=O)c3ccccc3C2F)cc1OCC1CCCC1.